The molecule has 0 atom stereocenters. The average molecular weight is 550 g/mol. The second-order valence-electron chi connectivity index (χ2n) is 7.24. The van der Waals surface area contributed by atoms with E-state index < -0.39 is 0 Å². The van der Waals surface area contributed by atoms with Gasteiger partial charge in [-0.3, -0.25) is 0 Å². The third-order valence-corrected chi connectivity index (χ3v) is 5.10. The van der Waals surface area contributed by atoms with Crippen molar-refractivity contribution in [1.82, 2.24) is 25.0 Å². The van der Waals surface area contributed by atoms with Crippen molar-refractivity contribution in [2.24, 2.45) is 12.0 Å². The van der Waals surface area contributed by atoms with E-state index in [0.29, 0.717) is 19.6 Å². The molecule has 1 N–H and O–H groups in total. The Morgan fingerprint density at radius 2 is 1.84 bits per heavy atom. The molecule has 9 heteroatoms. The molecule has 1 heterocycles. The smallest absolute Gasteiger partial charge is 0.194 e. The number of ether oxygens (including phenoxy) is 2. The molecule has 0 saturated carbocycles. The van der Waals surface area contributed by atoms with Gasteiger partial charge in [0.25, 0.3) is 0 Å². The molecule has 3 aromatic rings. The number of aryl methyl sites for hydroxylation is 1. The van der Waals surface area contributed by atoms with Crippen LogP contribution < -0.4 is 14.8 Å². The maximum Gasteiger partial charge on any atom is 0.194 e. The number of aliphatic imine (C=N–C) groups is 1. The normalized spacial score (nSPS) is 11.0. The van der Waals surface area contributed by atoms with Crippen molar-refractivity contribution < 1.29 is 9.47 Å². The second kappa shape index (κ2) is 12.3. The molecule has 1 aromatic heterocycles. The lowest BCUT2D eigenvalue weighted by Gasteiger charge is -2.23. The van der Waals surface area contributed by atoms with E-state index in [0.717, 1.165) is 40.2 Å². The number of aromatic nitrogens is 3. The maximum atomic E-state index is 5.56. The van der Waals surface area contributed by atoms with Gasteiger partial charge in [-0.15, -0.1) is 34.2 Å². The van der Waals surface area contributed by atoms with Gasteiger partial charge in [-0.1, -0.05) is 30.3 Å². The van der Waals surface area contributed by atoms with Crippen LogP contribution in [0.25, 0.3) is 0 Å². The van der Waals surface area contributed by atoms with Crippen LogP contribution in [0.3, 0.4) is 0 Å². The van der Waals surface area contributed by atoms with Gasteiger partial charge in [0, 0.05) is 32.3 Å². The summed E-state index contributed by atoms with van der Waals surface area (Å²) < 4.78 is 12.8. The first-order valence-electron chi connectivity index (χ1n) is 10.1. The van der Waals surface area contributed by atoms with Crippen molar-refractivity contribution in [3.05, 3.63) is 71.3 Å². The zero-order valence-electron chi connectivity index (χ0n) is 19.2. The molecule has 0 unspecified atom stereocenters. The van der Waals surface area contributed by atoms with Crippen LogP contribution in [0.1, 0.15) is 22.8 Å². The highest BCUT2D eigenvalue weighted by Gasteiger charge is 2.13. The molecule has 0 aliphatic carbocycles. The minimum Gasteiger partial charge on any atom is -0.497 e. The zero-order chi connectivity index (χ0) is 22.2. The van der Waals surface area contributed by atoms with Gasteiger partial charge in [0.05, 0.1) is 27.3 Å². The van der Waals surface area contributed by atoms with Gasteiger partial charge in [0.15, 0.2) is 11.8 Å². The highest BCUT2D eigenvalue weighted by atomic mass is 127. The van der Waals surface area contributed by atoms with Gasteiger partial charge in [-0.05, 0) is 24.6 Å². The Hall–Kier alpha value is -2.82. The number of hydrogen-bond acceptors (Lipinski definition) is 5. The summed E-state index contributed by atoms with van der Waals surface area (Å²) in [4.78, 5) is 6.91. The molecule has 0 radical (unpaired) electrons. The Morgan fingerprint density at radius 1 is 1.09 bits per heavy atom. The molecule has 0 spiro atoms. The van der Waals surface area contributed by atoms with Gasteiger partial charge >= 0.3 is 0 Å². The summed E-state index contributed by atoms with van der Waals surface area (Å²) in [5.74, 6) is 4.02. The number of rotatable bonds is 8. The fourth-order valence-corrected chi connectivity index (χ4v) is 3.14. The third kappa shape index (κ3) is 6.59. The molecule has 3 rings (SSSR count). The zero-order valence-corrected chi connectivity index (χ0v) is 21.5. The number of hydrogen-bond donors (Lipinski definition) is 1. The molecule has 172 valence electrons. The molecule has 32 heavy (non-hydrogen) atoms. The first-order chi connectivity index (χ1) is 15.0. The van der Waals surface area contributed by atoms with Crippen LogP contribution in [0.4, 0.5) is 0 Å². The van der Waals surface area contributed by atoms with Crippen LogP contribution in [0, 0.1) is 6.92 Å². The van der Waals surface area contributed by atoms with Crippen molar-refractivity contribution in [3.63, 3.8) is 0 Å². The average Bonchev–Trinajstić information content (AvgIpc) is 3.12. The fraction of sp³-hybridized carbons (Fsp3) is 0.348. The summed E-state index contributed by atoms with van der Waals surface area (Å²) in [6.45, 7) is 3.65. The number of nitrogens with zero attached hydrogens (tertiary/aromatic N) is 5. The Labute approximate surface area is 206 Å². The van der Waals surface area contributed by atoms with Crippen molar-refractivity contribution >= 4 is 29.9 Å². The topological polar surface area (TPSA) is 76.8 Å². The molecule has 0 bridgehead atoms. The van der Waals surface area contributed by atoms with Gasteiger partial charge in [-0.25, -0.2) is 4.99 Å². The lowest BCUT2D eigenvalue weighted by molar-refractivity contribution is 0.382. The van der Waals surface area contributed by atoms with Gasteiger partial charge in [0.1, 0.15) is 17.3 Å². The Kier molecular flexibility index (Phi) is 9.76. The number of guanidine groups is 1. The highest BCUT2D eigenvalue weighted by molar-refractivity contribution is 14.0. The molecular formula is C23H31IN6O2. The van der Waals surface area contributed by atoms with Crippen molar-refractivity contribution in [2.45, 2.75) is 26.6 Å². The molecule has 0 fully saturated rings. The Balaban J connectivity index is 0.00000363. The van der Waals surface area contributed by atoms with E-state index in [9.17, 15) is 0 Å². The van der Waals surface area contributed by atoms with E-state index in [1.165, 1.54) is 0 Å². The minimum absolute atomic E-state index is 0. The number of benzene rings is 2. The first-order valence-corrected chi connectivity index (χ1v) is 10.1. The van der Waals surface area contributed by atoms with Crippen LogP contribution in [0.5, 0.6) is 11.5 Å². The van der Waals surface area contributed by atoms with Crippen molar-refractivity contribution in [2.75, 3.05) is 21.3 Å². The van der Waals surface area contributed by atoms with Crippen LogP contribution in [-0.4, -0.2) is 46.9 Å². The lowest BCUT2D eigenvalue weighted by Crippen LogP contribution is -2.38. The lowest BCUT2D eigenvalue weighted by atomic mass is 10.2. The van der Waals surface area contributed by atoms with E-state index in [1.54, 1.807) is 14.2 Å². The van der Waals surface area contributed by atoms with Crippen LogP contribution in [0.15, 0.2) is 53.5 Å². The minimum atomic E-state index is 0. The summed E-state index contributed by atoms with van der Waals surface area (Å²) in [6.07, 6.45) is 0. The van der Waals surface area contributed by atoms with Crippen LogP contribution in [0.2, 0.25) is 0 Å². The molecular weight excluding hydrogens is 519 g/mol. The van der Waals surface area contributed by atoms with Gasteiger partial charge in [0.2, 0.25) is 0 Å². The predicted molar refractivity (Wildman–Crippen MR) is 137 cm³/mol. The molecule has 2 aromatic carbocycles. The fourth-order valence-electron chi connectivity index (χ4n) is 3.14. The SMILES string of the molecule is COc1ccc(CN(C)C(=NCc2ccccc2)NCc2nnc(C)n2C)c(OC)c1.I. The number of nitrogens with one attached hydrogen (secondary N) is 1. The van der Waals surface area contributed by atoms with Crippen LogP contribution in [-0.2, 0) is 26.7 Å². The van der Waals surface area contributed by atoms with Gasteiger partial charge in [-0.2, -0.15) is 0 Å². The summed E-state index contributed by atoms with van der Waals surface area (Å²) in [7, 11) is 7.27. The molecule has 0 amide bonds. The van der Waals surface area contributed by atoms with Crippen LogP contribution >= 0.6 is 24.0 Å². The van der Waals surface area contributed by atoms with E-state index in [4.69, 9.17) is 14.5 Å². The number of methoxy groups -OCH3 is 2. The first kappa shape index (κ1) is 25.4. The highest BCUT2D eigenvalue weighted by Crippen LogP contribution is 2.25. The van der Waals surface area contributed by atoms with E-state index >= 15 is 0 Å². The van der Waals surface area contributed by atoms with E-state index in [2.05, 4.69) is 32.5 Å². The van der Waals surface area contributed by atoms with E-state index in [-0.39, 0.29) is 24.0 Å². The van der Waals surface area contributed by atoms with Crippen molar-refractivity contribution in [3.8, 4) is 11.5 Å². The van der Waals surface area contributed by atoms with Gasteiger partial charge < -0.3 is 24.3 Å². The summed E-state index contributed by atoms with van der Waals surface area (Å²) in [6, 6.07) is 16.0. The standard InChI is InChI=1S/C23H30N6O2.HI/c1-17-26-27-22(29(17)3)15-25-23(24-14-18-9-7-6-8-10-18)28(2)16-19-11-12-20(30-4)13-21(19)31-5;/h6-13H,14-16H2,1-5H3,(H,24,25);1H. The molecule has 0 aliphatic heterocycles. The molecule has 0 saturated heterocycles. The summed E-state index contributed by atoms with van der Waals surface area (Å²) in [5.41, 5.74) is 2.18. The van der Waals surface area contributed by atoms with Crippen molar-refractivity contribution in [1.29, 1.82) is 0 Å². The molecule has 8 nitrogen and oxygen atoms in total. The second-order valence-corrected chi connectivity index (χ2v) is 7.24. The predicted octanol–water partition coefficient (Wildman–Crippen LogP) is 3.54. The quantitative estimate of drug-likeness (QED) is 0.263. The monoisotopic (exact) mass is 550 g/mol. The third-order valence-electron chi connectivity index (χ3n) is 5.10. The molecule has 0 aliphatic rings. The number of halogens is 1. The largest absolute Gasteiger partial charge is 0.497 e. The van der Waals surface area contributed by atoms with E-state index in [1.807, 2.05) is 62.0 Å². The Morgan fingerprint density at radius 3 is 2.47 bits per heavy atom. The summed E-state index contributed by atoms with van der Waals surface area (Å²) >= 11 is 0. The maximum absolute atomic E-state index is 5.56. The Bertz CT molecular complexity index is 1020. The summed E-state index contributed by atoms with van der Waals surface area (Å²) in [5, 5.41) is 11.8.